The molecule has 8 nitrogen and oxygen atoms in total. The van der Waals surface area contributed by atoms with Crippen LogP contribution >= 0.6 is 0 Å². The van der Waals surface area contributed by atoms with E-state index in [9.17, 15) is 13.6 Å². The highest BCUT2D eigenvalue weighted by Crippen LogP contribution is 2.45. The Morgan fingerprint density at radius 2 is 2.06 bits per heavy atom. The maximum Gasteiger partial charge on any atom is 0.280 e. The second-order valence-electron chi connectivity index (χ2n) is 7.99. The van der Waals surface area contributed by atoms with Crippen molar-refractivity contribution >= 4 is 17.4 Å². The third-order valence-electron chi connectivity index (χ3n) is 6.10. The molecule has 3 aromatic rings. The quantitative estimate of drug-likeness (QED) is 0.667. The molecule has 1 N–H and O–H groups in total. The van der Waals surface area contributed by atoms with Gasteiger partial charge in [0.25, 0.3) is 18.2 Å². The van der Waals surface area contributed by atoms with Crippen molar-refractivity contribution in [3.63, 3.8) is 0 Å². The second-order valence-corrected chi connectivity index (χ2v) is 7.99. The summed E-state index contributed by atoms with van der Waals surface area (Å²) in [6.07, 6.45) is 5.22. The topological polar surface area (TPSA) is 90.6 Å². The molecule has 2 bridgehead atoms. The van der Waals surface area contributed by atoms with Gasteiger partial charge in [0.2, 0.25) is 5.65 Å². The molecule has 3 aromatic heterocycles. The fourth-order valence-corrected chi connectivity index (χ4v) is 4.37. The number of carbonyl (C=O) groups is 1. The molecule has 31 heavy (non-hydrogen) atoms. The van der Waals surface area contributed by atoms with Gasteiger partial charge < -0.3 is 14.8 Å². The SMILES string of the molecule is COc1nc(NC(=O)c2cccc(C(F)F)n2)cn2cc(C34CCC(CC3)OC4)nc12. The first kappa shape index (κ1) is 19.8. The van der Waals surface area contributed by atoms with Crippen molar-refractivity contribution in [1.29, 1.82) is 0 Å². The Bertz CT molecular complexity index is 1130. The number of imidazole rings is 1. The zero-order valence-electron chi connectivity index (χ0n) is 16.8. The Morgan fingerprint density at radius 3 is 2.74 bits per heavy atom. The summed E-state index contributed by atoms with van der Waals surface area (Å²) in [4.78, 5) is 25.3. The molecule has 2 aliphatic heterocycles. The molecule has 10 heteroatoms. The molecule has 5 heterocycles. The number of methoxy groups -OCH3 is 1. The van der Waals surface area contributed by atoms with E-state index in [1.807, 2.05) is 6.20 Å². The number of carbonyl (C=O) groups excluding carboxylic acids is 1. The molecular formula is C21H21F2N5O3. The van der Waals surface area contributed by atoms with Crippen molar-refractivity contribution in [3.05, 3.63) is 47.7 Å². The molecule has 162 valence electrons. The highest BCUT2D eigenvalue weighted by Gasteiger charge is 2.44. The summed E-state index contributed by atoms with van der Waals surface area (Å²) in [5, 5.41) is 2.60. The molecule has 0 atom stereocenters. The first-order valence-corrected chi connectivity index (χ1v) is 10.1. The van der Waals surface area contributed by atoms with Crippen LogP contribution in [0.15, 0.2) is 30.6 Å². The van der Waals surface area contributed by atoms with Crippen molar-refractivity contribution < 1.29 is 23.0 Å². The van der Waals surface area contributed by atoms with E-state index in [2.05, 4.69) is 15.3 Å². The van der Waals surface area contributed by atoms with Gasteiger partial charge in [-0.1, -0.05) is 6.07 Å². The molecule has 1 aliphatic carbocycles. The number of anilines is 1. The van der Waals surface area contributed by atoms with E-state index in [1.165, 1.54) is 25.3 Å². The van der Waals surface area contributed by atoms with Crippen LogP contribution in [-0.4, -0.2) is 45.1 Å². The molecule has 2 saturated heterocycles. The van der Waals surface area contributed by atoms with Crippen LogP contribution < -0.4 is 10.1 Å². The van der Waals surface area contributed by atoms with Crippen LogP contribution in [0.2, 0.25) is 0 Å². The summed E-state index contributed by atoms with van der Waals surface area (Å²) in [6.45, 7) is 0.646. The Labute approximate surface area is 176 Å². The molecule has 0 aromatic carbocycles. The summed E-state index contributed by atoms with van der Waals surface area (Å²) in [6, 6.07) is 3.90. The van der Waals surface area contributed by atoms with Crippen molar-refractivity contribution in [2.45, 2.75) is 43.6 Å². The van der Waals surface area contributed by atoms with E-state index in [4.69, 9.17) is 14.5 Å². The van der Waals surface area contributed by atoms with Crippen LogP contribution in [0, 0.1) is 0 Å². The van der Waals surface area contributed by atoms with Gasteiger partial charge in [0.1, 0.15) is 11.4 Å². The number of pyridine rings is 1. The van der Waals surface area contributed by atoms with Gasteiger partial charge in [0, 0.05) is 11.6 Å². The number of hydrogen-bond donors (Lipinski definition) is 1. The monoisotopic (exact) mass is 429 g/mol. The number of rotatable bonds is 5. The Kier molecular flexibility index (Phi) is 4.81. The average Bonchev–Trinajstić information content (AvgIpc) is 3.25. The van der Waals surface area contributed by atoms with Gasteiger partial charge in [-0.3, -0.25) is 9.20 Å². The average molecular weight is 429 g/mol. The molecule has 1 amide bonds. The summed E-state index contributed by atoms with van der Waals surface area (Å²) in [5.74, 6) is -0.196. The molecule has 6 rings (SSSR count). The fraction of sp³-hybridized carbons (Fsp3) is 0.429. The maximum atomic E-state index is 12.9. The molecule has 1 saturated carbocycles. The van der Waals surface area contributed by atoms with E-state index in [-0.39, 0.29) is 22.8 Å². The van der Waals surface area contributed by atoms with Gasteiger partial charge in [-0.15, -0.1) is 0 Å². The van der Waals surface area contributed by atoms with Gasteiger partial charge in [0.15, 0.2) is 5.82 Å². The minimum absolute atomic E-state index is 0.116. The van der Waals surface area contributed by atoms with Crippen LogP contribution in [-0.2, 0) is 10.2 Å². The first-order chi connectivity index (χ1) is 15.0. The number of amides is 1. The number of hydrogen-bond acceptors (Lipinski definition) is 6. The fourth-order valence-electron chi connectivity index (χ4n) is 4.37. The minimum atomic E-state index is -2.76. The van der Waals surface area contributed by atoms with Gasteiger partial charge in [0.05, 0.1) is 31.7 Å². The molecular weight excluding hydrogens is 408 g/mol. The van der Waals surface area contributed by atoms with Crippen LogP contribution in [0.1, 0.15) is 54.0 Å². The smallest absolute Gasteiger partial charge is 0.280 e. The standard InChI is InChI=1S/C21H21F2N5O3/c1-30-20-18-25-15(21-7-5-12(6-8-21)31-11-21)9-28(18)10-16(27-20)26-19(29)14-4-2-3-13(24-14)17(22)23/h2-4,9-10,12,17H,5-8,11H2,1H3,(H,26,29). The van der Waals surface area contributed by atoms with Gasteiger partial charge in [-0.05, 0) is 37.8 Å². The van der Waals surface area contributed by atoms with E-state index in [0.29, 0.717) is 18.4 Å². The number of nitrogens with zero attached hydrogens (tertiary/aromatic N) is 4. The molecule has 0 radical (unpaired) electrons. The number of aromatic nitrogens is 4. The summed E-state index contributed by atoms with van der Waals surface area (Å²) >= 11 is 0. The van der Waals surface area contributed by atoms with E-state index < -0.39 is 18.0 Å². The number of fused-ring (bicyclic) bond motifs is 4. The molecule has 3 fully saturated rings. The lowest BCUT2D eigenvalue weighted by atomic mass is 9.69. The lowest BCUT2D eigenvalue weighted by Gasteiger charge is -2.45. The largest absolute Gasteiger partial charge is 0.478 e. The van der Waals surface area contributed by atoms with Crippen LogP contribution in [0.3, 0.4) is 0 Å². The molecule has 0 spiro atoms. The number of nitrogens with one attached hydrogen (secondary N) is 1. The molecule has 0 unspecified atom stereocenters. The van der Waals surface area contributed by atoms with Gasteiger partial charge >= 0.3 is 0 Å². The zero-order chi connectivity index (χ0) is 21.6. The lowest BCUT2D eigenvalue weighted by molar-refractivity contribution is -0.0804. The predicted molar refractivity (Wildman–Crippen MR) is 107 cm³/mol. The van der Waals surface area contributed by atoms with Crippen LogP contribution in [0.5, 0.6) is 5.88 Å². The third kappa shape index (κ3) is 3.50. The Hall–Kier alpha value is -3.14. The second kappa shape index (κ2) is 7.52. The Morgan fingerprint density at radius 1 is 1.26 bits per heavy atom. The number of halogens is 2. The minimum Gasteiger partial charge on any atom is -0.478 e. The maximum absolute atomic E-state index is 12.9. The summed E-state index contributed by atoms with van der Waals surface area (Å²) in [5.41, 5.74) is 0.752. The zero-order valence-corrected chi connectivity index (χ0v) is 16.8. The number of alkyl halides is 2. The normalized spacial score (nSPS) is 22.8. The van der Waals surface area contributed by atoms with Crippen molar-refractivity contribution in [2.24, 2.45) is 0 Å². The third-order valence-corrected chi connectivity index (χ3v) is 6.10. The van der Waals surface area contributed by atoms with Crippen molar-refractivity contribution in [2.75, 3.05) is 19.0 Å². The Balaban J connectivity index is 1.46. The van der Waals surface area contributed by atoms with E-state index in [1.54, 1.807) is 10.6 Å². The van der Waals surface area contributed by atoms with E-state index >= 15 is 0 Å². The van der Waals surface area contributed by atoms with Crippen molar-refractivity contribution in [1.82, 2.24) is 19.4 Å². The highest BCUT2D eigenvalue weighted by atomic mass is 19.3. The first-order valence-electron chi connectivity index (χ1n) is 10.1. The highest BCUT2D eigenvalue weighted by molar-refractivity contribution is 6.02. The van der Waals surface area contributed by atoms with Crippen molar-refractivity contribution in [3.8, 4) is 5.88 Å². The molecule has 3 aliphatic rings. The number of ether oxygens (including phenoxy) is 2. The van der Waals surface area contributed by atoms with Gasteiger partial charge in [-0.25, -0.2) is 18.7 Å². The summed E-state index contributed by atoms with van der Waals surface area (Å²) in [7, 11) is 1.48. The summed E-state index contributed by atoms with van der Waals surface area (Å²) < 4.78 is 38.9. The van der Waals surface area contributed by atoms with Gasteiger partial charge in [-0.2, -0.15) is 4.98 Å². The van der Waals surface area contributed by atoms with E-state index in [0.717, 1.165) is 31.4 Å². The predicted octanol–water partition coefficient (Wildman–Crippen LogP) is 3.53. The van der Waals surface area contributed by atoms with Crippen LogP contribution in [0.4, 0.5) is 14.6 Å². The lowest BCUT2D eigenvalue weighted by Crippen LogP contribution is -2.45. The van der Waals surface area contributed by atoms with Crippen LogP contribution in [0.25, 0.3) is 5.65 Å².